The average Bonchev–Trinajstić information content (AvgIpc) is 2.82. The maximum absolute atomic E-state index is 12.3. The smallest absolute Gasteiger partial charge is 0.224 e. The van der Waals surface area contributed by atoms with Gasteiger partial charge in [-0.1, -0.05) is 25.1 Å². The van der Waals surface area contributed by atoms with Gasteiger partial charge in [-0.3, -0.25) is 4.79 Å². The van der Waals surface area contributed by atoms with Crippen molar-refractivity contribution < 1.29 is 9.90 Å². The summed E-state index contributed by atoms with van der Waals surface area (Å²) in [6, 6.07) is 9.83. The van der Waals surface area contributed by atoms with Crippen molar-refractivity contribution in [2.24, 2.45) is 5.92 Å². The number of carbonyl (C=O) groups excluding carboxylic acids is 1. The zero-order valence-corrected chi connectivity index (χ0v) is 14.2. The van der Waals surface area contributed by atoms with Gasteiger partial charge in [0.2, 0.25) is 5.91 Å². The first-order valence-corrected chi connectivity index (χ1v) is 7.94. The second-order valence-corrected chi connectivity index (χ2v) is 6.09. The summed E-state index contributed by atoms with van der Waals surface area (Å²) in [6.07, 6.45) is 0.299. The highest BCUT2D eigenvalue weighted by Crippen LogP contribution is 2.18. The Morgan fingerprint density at radius 1 is 1.26 bits per heavy atom. The van der Waals surface area contributed by atoms with E-state index in [1.54, 1.807) is 0 Å². The van der Waals surface area contributed by atoms with Gasteiger partial charge >= 0.3 is 0 Å². The minimum atomic E-state index is -0.0581. The van der Waals surface area contributed by atoms with Crippen LogP contribution in [0.3, 0.4) is 0 Å². The summed E-state index contributed by atoms with van der Waals surface area (Å²) in [5, 5.41) is 16.7. The molecule has 2 N–H and O–H groups in total. The van der Waals surface area contributed by atoms with E-state index in [0.717, 1.165) is 22.6 Å². The highest BCUT2D eigenvalue weighted by atomic mass is 16.3. The van der Waals surface area contributed by atoms with Gasteiger partial charge in [0.15, 0.2) is 0 Å². The van der Waals surface area contributed by atoms with Gasteiger partial charge in [0.25, 0.3) is 0 Å². The second-order valence-electron chi connectivity index (χ2n) is 6.09. The Morgan fingerprint density at radius 2 is 1.91 bits per heavy atom. The van der Waals surface area contributed by atoms with Crippen molar-refractivity contribution in [2.45, 2.75) is 40.2 Å². The molecule has 5 heteroatoms. The number of rotatable bonds is 6. The van der Waals surface area contributed by atoms with Crippen molar-refractivity contribution in [3.05, 3.63) is 47.3 Å². The quantitative estimate of drug-likeness (QED) is 0.858. The Kier molecular flexibility index (Phi) is 5.55. The predicted molar refractivity (Wildman–Crippen MR) is 90.6 cm³/mol. The molecule has 1 heterocycles. The Bertz CT molecular complexity index is 664. The lowest BCUT2D eigenvalue weighted by molar-refractivity contribution is -0.121. The van der Waals surface area contributed by atoms with E-state index in [9.17, 15) is 4.79 Å². The van der Waals surface area contributed by atoms with Gasteiger partial charge in [-0.25, -0.2) is 4.68 Å². The minimum absolute atomic E-state index is 0.0354. The Labute approximate surface area is 137 Å². The van der Waals surface area contributed by atoms with Crippen LogP contribution in [0.15, 0.2) is 30.3 Å². The number of aryl methyl sites for hydroxylation is 1. The van der Waals surface area contributed by atoms with E-state index in [-0.39, 0.29) is 24.5 Å². The van der Waals surface area contributed by atoms with Gasteiger partial charge < -0.3 is 10.4 Å². The number of hydrogen-bond acceptors (Lipinski definition) is 3. The molecule has 0 bridgehead atoms. The van der Waals surface area contributed by atoms with E-state index in [1.807, 2.05) is 62.7 Å². The first-order valence-electron chi connectivity index (χ1n) is 7.94. The fourth-order valence-electron chi connectivity index (χ4n) is 2.52. The van der Waals surface area contributed by atoms with Crippen LogP contribution in [0.25, 0.3) is 5.69 Å². The molecule has 1 aromatic carbocycles. The molecule has 0 aliphatic heterocycles. The maximum atomic E-state index is 12.3. The molecule has 0 fully saturated rings. The highest BCUT2D eigenvalue weighted by molar-refractivity contribution is 5.79. The summed E-state index contributed by atoms with van der Waals surface area (Å²) in [7, 11) is 0. The third kappa shape index (κ3) is 3.99. The molecular weight excluding hydrogens is 290 g/mol. The lowest BCUT2D eigenvalue weighted by Crippen LogP contribution is -2.39. The number of aliphatic hydroxyl groups excluding tert-OH is 1. The van der Waals surface area contributed by atoms with Crippen LogP contribution in [0.4, 0.5) is 0 Å². The summed E-state index contributed by atoms with van der Waals surface area (Å²) in [5.74, 6) is -0.00945. The Hall–Kier alpha value is -2.14. The van der Waals surface area contributed by atoms with Crippen molar-refractivity contribution in [1.29, 1.82) is 0 Å². The van der Waals surface area contributed by atoms with Crippen LogP contribution < -0.4 is 5.32 Å². The van der Waals surface area contributed by atoms with E-state index in [4.69, 9.17) is 5.11 Å². The van der Waals surface area contributed by atoms with Crippen molar-refractivity contribution in [1.82, 2.24) is 15.1 Å². The van der Waals surface area contributed by atoms with Crippen molar-refractivity contribution in [3.63, 3.8) is 0 Å². The molecule has 124 valence electrons. The molecule has 2 atom stereocenters. The third-order valence-electron chi connectivity index (χ3n) is 4.31. The monoisotopic (exact) mass is 315 g/mol. The largest absolute Gasteiger partial charge is 0.396 e. The first kappa shape index (κ1) is 17.2. The molecule has 0 aliphatic carbocycles. The lowest BCUT2D eigenvalue weighted by Gasteiger charge is -2.19. The van der Waals surface area contributed by atoms with Crippen LogP contribution in [-0.2, 0) is 11.2 Å². The summed E-state index contributed by atoms with van der Waals surface area (Å²) >= 11 is 0. The molecule has 0 aliphatic rings. The number of nitrogens with zero attached hydrogens (tertiary/aromatic N) is 2. The molecule has 2 unspecified atom stereocenters. The molecule has 1 aromatic heterocycles. The zero-order chi connectivity index (χ0) is 17.0. The Balaban J connectivity index is 2.15. The first-order chi connectivity index (χ1) is 10.9. The van der Waals surface area contributed by atoms with E-state index in [0.29, 0.717) is 6.42 Å². The van der Waals surface area contributed by atoms with Gasteiger partial charge in [-0.2, -0.15) is 5.10 Å². The molecule has 5 nitrogen and oxygen atoms in total. The molecule has 2 aromatic rings. The maximum Gasteiger partial charge on any atom is 0.224 e. The minimum Gasteiger partial charge on any atom is -0.396 e. The van der Waals surface area contributed by atoms with Gasteiger partial charge in [0.1, 0.15) is 0 Å². The van der Waals surface area contributed by atoms with Crippen LogP contribution in [-0.4, -0.2) is 33.4 Å². The molecule has 0 saturated carbocycles. The summed E-state index contributed by atoms with van der Waals surface area (Å²) in [5.41, 5.74) is 3.79. The number of aromatic nitrogens is 2. The molecule has 2 rings (SSSR count). The number of nitrogens with one attached hydrogen (secondary N) is 1. The third-order valence-corrected chi connectivity index (χ3v) is 4.31. The topological polar surface area (TPSA) is 67.2 Å². The van der Waals surface area contributed by atoms with Crippen molar-refractivity contribution in [3.8, 4) is 5.69 Å². The van der Waals surface area contributed by atoms with Crippen LogP contribution in [0.1, 0.15) is 30.8 Å². The number of hydrogen-bond donors (Lipinski definition) is 2. The molecule has 1 amide bonds. The standard InChI is InChI=1S/C18H25N3O2/c1-12(11-22)13(2)19-18(23)10-17-14(3)20-21(15(17)4)16-8-6-5-7-9-16/h5-9,12-13,22H,10-11H2,1-4H3,(H,19,23). The van der Waals surface area contributed by atoms with Crippen LogP contribution in [0.2, 0.25) is 0 Å². The van der Waals surface area contributed by atoms with Gasteiger partial charge in [-0.15, -0.1) is 0 Å². The van der Waals surface area contributed by atoms with Gasteiger partial charge in [0, 0.05) is 23.9 Å². The highest BCUT2D eigenvalue weighted by Gasteiger charge is 2.18. The van der Waals surface area contributed by atoms with E-state index >= 15 is 0 Å². The van der Waals surface area contributed by atoms with Gasteiger partial charge in [0.05, 0.1) is 17.8 Å². The second kappa shape index (κ2) is 7.42. The fourth-order valence-corrected chi connectivity index (χ4v) is 2.52. The average molecular weight is 315 g/mol. The van der Waals surface area contributed by atoms with E-state index in [1.165, 1.54) is 0 Å². The Morgan fingerprint density at radius 3 is 2.52 bits per heavy atom. The van der Waals surface area contributed by atoms with Crippen molar-refractivity contribution in [2.75, 3.05) is 6.61 Å². The normalized spacial score (nSPS) is 13.6. The predicted octanol–water partition coefficient (Wildman–Crippen LogP) is 2.16. The number of aliphatic hydroxyl groups is 1. The van der Waals surface area contributed by atoms with Crippen LogP contribution in [0.5, 0.6) is 0 Å². The molecule has 0 saturated heterocycles. The number of carbonyl (C=O) groups is 1. The SMILES string of the molecule is Cc1nn(-c2ccccc2)c(C)c1CC(=O)NC(C)C(C)CO. The number of para-hydroxylation sites is 1. The fraction of sp³-hybridized carbons (Fsp3) is 0.444. The lowest BCUT2D eigenvalue weighted by atomic mass is 10.0. The zero-order valence-electron chi connectivity index (χ0n) is 14.2. The van der Waals surface area contributed by atoms with Crippen LogP contribution in [0, 0.1) is 19.8 Å². The van der Waals surface area contributed by atoms with Crippen molar-refractivity contribution >= 4 is 5.91 Å². The molecular formula is C18H25N3O2. The van der Waals surface area contributed by atoms with E-state index < -0.39 is 0 Å². The molecule has 0 spiro atoms. The summed E-state index contributed by atoms with van der Waals surface area (Å²) < 4.78 is 1.87. The number of benzene rings is 1. The van der Waals surface area contributed by atoms with E-state index in [2.05, 4.69) is 10.4 Å². The summed E-state index contributed by atoms with van der Waals surface area (Å²) in [4.78, 5) is 12.3. The molecule has 23 heavy (non-hydrogen) atoms. The van der Waals surface area contributed by atoms with Gasteiger partial charge in [-0.05, 0) is 38.8 Å². The molecule has 0 radical (unpaired) electrons. The van der Waals surface area contributed by atoms with Crippen LogP contribution >= 0.6 is 0 Å². The number of amides is 1. The summed E-state index contributed by atoms with van der Waals surface area (Å²) in [6.45, 7) is 7.79.